The van der Waals surface area contributed by atoms with Crippen molar-refractivity contribution >= 4 is 17.7 Å². The second kappa shape index (κ2) is 8.55. The van der Waals surface area contributed by atoms with Crippen molar-refractivity contribution in [3.8, 4) is 5.75 Å². The standard InChI is InChI=1S/C18H27ClN2O2/c1-20(2)12-14-4-6-15(7-5-14)13-21(3)18(22)23-17-10-8-16(19)9-11-17/h8-11,14-15H,4-7,12-13H2,1-3H3/t14-,15-. The van der Waals surface area contributed by atoms with Crippen LogP contribution in [0.1, 0.15) is 25.7 Å². The van der Waals surface area contributed by atoms with E-state index in [-0.39, 0.29) is 6.09 Å². The normalized spacial score (nSPS) is 21.3. The number of benzene rings is 1. The van der Waals surface area contributed by atoms with Crippen molar-refractivity contribution < 1.29 is 9.53 Å². The van der Waals surface area contributed by atoms with Crippen LogP contribution in [0.15, 0.2) is 24.3 Å². The molecule has 0 heterocycles. The summed E-state index contributed by atoms with van der Waals surface area (Å²) >= 11 is 5.83. The van der Waals surface area contributed by atoms with Gasteiger partial charge in [0.1, 0.15) is 5.75 Å². The number of hydrogen-bond donors (Lipinski definition) is 0. The van der Waals surface area contributed by atoms with E-state index >= 15 is 0 Å². The Balaban J connectivity index is 1.75. The molecule has 1 aromatic rings. The Morgan fingerprint density at radius 3 is 2.09 bits per heavy atom. The van der Waals surface area contributed by atoms with Gasteiger partial charge in [0.05, 0.1) is 0 Å². The van der Waals surface area contributed by atoms with Crippen molar-refractivity contribution in [2.24, 2.45) is 11.8 Å². The lowest BCUT2D eigenvalue weighted by Gasteiger charge is -2.32. The number of nitrogens with zero attached hydrogens (tertiary/aromatic N) is 2. The summed E-state index contributed by atoms with van der Waals surface area (Å²) in [6.07, 6.45) is 4.59. The fraction of sp³-hybridized carbons (Fsp3) is 0.611. The first-order valence-electron chi connectivity index (χ1n) is 8.27. The molecule has 0 spiro atoms. The number of carbonyl (C=O) groups is 1. The molecule has 1 aromatic carbocycles. The quantitative estimate of drug-likeness (QED) is 0.809. The van der Waals surface area contributed by atoms with E-state index in [1.54, 1.807) is 29.2 Å². The van der Waals surface area contributed by atoms with Crippen molar-refractivity contribution in [2.45, 2.75) is 25.7 Å². The first-order chi connectivity index (χ1) is 10.9. The molecular formula is C18H27ClN2O2. The van der Waals surface area contributed by atoms with Crippen LogP contribution in [0.25, 0.3) is 0 Å². The van der Waals surface area contributed by atoms with Crippen LogP contribution in [0.4, 0.5) is 4.79 Å². The molecule has 1 amide bonds. The van der Waals surface area contributed by atoms with E-state index in [0.29, 0.717) is 16.7 Å². The average Bonchev–Trinajstić information content (AvgIpc) is 2.51. The van der Waals surface area contributed by atoms with Gasteiger partial charge in [0, 0.05) is 25.2 Å². The Bertz CT molecular complexity index is 496. The lowest BCUT2D eigenvalue weighted by atomic mass is 9.81. The maximum atomic E-state index is 12.1. The zero-order valence-corrected chi connectivity index (χ0v) is 15.1. The highest BCUT2D eigenvalue weighted by Gasteiger charge is 2.24. The molecular weight excluding hydrogens is 312 g/mol. The van der Waals surface area contributed by atoms with Crippen LogP contribution >= 0.6 is 11.6 Å². The predicted molar refractivity (Wildman–Crippen MR) is 94.1 cm³/mol. The molecule has 0 N–H and O–H groups in total. The summed E-state index contributed by atoms with van der Waals surface area (Å²) < 4.78 is 5.37. The molecule has 4 nitrogen and oxygen atoms in total. The second-order valence-corrected chi connectivity index (χ2v) is 7.29. The third kappa shape index (κ3) is 6.04. The Kier molecular flexibility index (Phi) is 6.72. The Morgan fingerprint density at radius 1 is 1.04 bits per heavy atom. The van der Waals surface area contributed by atoms with Crippen molar-refractivity contribution in [2.75, 3.05) is 34.2 Å². The van der Waals surface area contributed by atoms with E-state index in [0.717, 1.165) is 12.5 Å². The largest absolute Gasteiger partial charge is 0.414 e. The van der Waals surface area contributed by atoms with Gasteiger partial charge in [-0.2, -0.15) is 0 Å². The number of halogens is 1. The van der Waals surface area contributed by atoms with E-state index in [4.69, 9.17) is 16.3 Å². The van der Waals surface area contributed by atoms with E-state index in [9.17, 15) is 4.79 Å². The lowest BCUT2D eigenvalue weighted by molar-refractivity contribution is 0.142. The summed E-state index contributed by atoms with van der Waals surface area (Å²) in [5.74, 6) is 1.91. The van der Waals surface area contributed by atoms with Gasteiger partial charge in [0.2, 0.25) is 0 Å². The highest BCUT2D eigenvalue weighted by Crippen LogP contribution is 2.29. The molecule has 0 atom stereocenters. The minimum atomic E-state index is -0.303. The van der Waals surface area contributed by atoms with E-state index in [1.165, 1.54) is 32.2 Å². The van der Waals surface area contributed by atoms with Gasteiger partial charge < -0.3 is 14.5 Å². The van der Waals surface area contributed by atoms with Gasteiger partial charge in [-0.1, -0.05) is 11.6 Å². The third-order valence-corrected chi connectivity index (χ3v) is 4.70. The van der Waals surface area contributed by atoms with Gasteiger partial charge in [-0.05, 0) is 75.9 Å². The fourth-order valence-electron chi connectivity index (χ4n) is 3.26. The van der Waals surface area contributed by atoms with Crippen LogP contribution in [0, 0.1) is 11.8 Å². The molecule has 1 aliphatic carbocycles. The first kappa shape index (κ1) is 18.1. The average molecular weight is 339 g/mol. The van der Waals surface area contributed by atoms with Crippen LogP contribution in [0.5, 0.6) is 5.75 Å². The van der Waals surface area contributed by atoms with E-state index < -0.39 is 0 Å². The first-order valence-corrected chi connectivity index (χ1v) is 8.65. The zero-order valence-electron chi connectivity index (χ0n) is 14.3. The van der Waals surface area contributed by atoms with Gasteiger partial charge in [0.15, 0.2) is 0 Å². The molecule has 128 valence electrons. The minimum Gasteiger partial charge on any atom is -0.410 e. The smallest absolute Gasteiger partial charge is 0.410 e. The molecule has 0 radical (unpaired) electrons. The summed E-state index contributed by atoms with van der Waals surface area (Å²) in [6, 6.07) is 6.85. The molecule has 23 heavy (non-hydrogen) atoms. The maximum Gasteiger partial charge on any atom is 0.414 e. The van der Waals surface area contributed by atoms with Crippen LogP contribution in [0.2, 0.25) is 5.02 Å². The Hall–Kier alpha value is -1.26. The zero-order chi connectivity index (χ0) is 16.8. The number of hydrogen-bond acceptors (Lipinski definition) is 3. The van der Waals surface area contributed by atoms with Crippen LogP contribution in [0.3, 0.4) is 0 Å². The van der Waals surface area contributed by atoms with Gasteiger partial charge >= 0.3 is 6.09 Å². The summed E-state index contributed by atoms with van der Waals surface area (Å²) in [7, 11) is 6.07. The molecule has 0 unspecified atom stereocenters. The number of ether oxygens (including phenoxy) is 1. The number of rotatable bonds is 5. The van der Waals surface area contributed by atoms with E-state index in [2.05, 4.69) is 19.0 Å². The van der Waals surface area contributed by atoms with Crippen molar-refractivity contribution in [3.63, 3.8) is 0 Å². The molecule has 5 heteroatoms. The van der Waals surface area contributed by atoms with Crippen LogP contribution < -0.4 is 4.74 Å². The predicted octanol–water partition coefficient (Wildman–Crippen LogP) is 4.14. The minimum absolute atomic E-state index is 0.303. The second-order valence-electron chi connectivity index (χ2n) is 6.85. The van der Waals surface area contributed by atoms with Crippen LogP contribution in [-0.4, -0.2) is 50.1 Å². The van der Waals surface area contributed by atoms with Gasteiger partial charge in [-0.3, -0.25) is 0 Å². The molecule has 0 saturated heterocycles. The summed E-state index contributed by atoms with van der Waals surface area (Å²) in [5, 5.41) is 0.632. The van der Waals surface area contributed by atoms with Gasteiger partial charge in [-0.25, -0.2) is 4.79 Å². The molecule has 1 fully saturated rings. The highest BCUT2D eigenvalue weighted by atomic mass is 35.5. The van der Waals surface area contributed by atoms with Crippen molar-refractivity contribution in [3.05, 3.63) is 29.3 Å². The Morgan fingerprint density at radius 2 is 1.57 bits per heavy atom. The van der Waals surface area contributed by atoms with E-state index in [1.807, 2.05) is 7.05 Å². The molecule has 1 saturated carbocycles. The molecule has 1 aliphatic rings. The SMILES string of the molecule is CN(C)C[C@H]1CC[C@H](CN(C)C(=O)Oc2ccc(Cl)cc2)CC1. The monoisotopic (exact) mass is 338 g/mol. The highest BCUT2D eigenvalue weighted by molar-refractivity contribution is 6.30. The fourth-order valence-corrected chi connectivity index (χ4v) is 3.38. The topological polar surface area (TPSA) is 32.8 Å². The van der Waals surface area contributed by atoms with Crippen LogP contribution in [-0.2, 0) is 0 Å². The van der Waals surface area contributed by atoms with Crippen molar-refractivity contribution in [1.29, 1.82) is 0 Å². The van der Waals surface area contributed by atoms with Gasteiger partial charge in [0.25, 0.3) is 0 Å². The number of carbonyl (C=O) groups excluding carboxylic acids is 1. The molecule has 0 aromatic heterocycles. The molecule has 2 rings (SSSR count). The molecule has 0 bridgehead atoms. The summed E-state index contributed by atoms with van der Waals surface area (Å²) in [4.78, 5) is 16.1. The lowest BCUT2D eigenvalue weighted by Crippen LogP contribution is -2.36. The van der Waals surface area contributed by atoms with Gasteiger partial charge in [-0.15, -0.1) is 0 Å². The number of amides is 1. The summed E-state index contributed by atoms with van der Waals surface area (Å²) in [6.45, 7) is 1.93. The molecule has 0 aliphatic heterocycles. The third-order valence-electron chi connectivity index (χ3n) is 4.45. The summed E-state index contributed by atoms with van der Waals surface area (Å²) in [5.41, 5.74) is 0. The maximum absolute atomic E-state index is 12.1. The Labute approximate surface area is 144 Å². The van der Waals surface area contributed by atoms with Crippen molar-refractivity contribution in [1.82, 2.24) is 9.80 Å².